The van der Waals surface area contributed by atoms with Gasteiger partial charge in [0, 0.05) is 31.4 Å². The van der Waals surface area contributed by atoms with Crippen molar-refractivity contribution < 1.29 is 10.2 Å². The van der Waals surface area contributed by atoms with Crippen LogP contribution in [-0.4, -0.2) is 39.4 Å². The Morgan fingerprint density at radius 3 is 2.57 bits per heavy atom. The number of aliphatic hydroxyl groups excluding tert-OH is 1. The standard InChI is InChI=1S/C16H28N2O3/c1-5-17(8-9-19)11-14-16(21)15(20)10-13(4)18(14)7-6-12(2)3/h10,12,19,21H,5-9,11H2,1-4H3. The smallest absolute Gasteiger partial charge is 0.223 e. The minimum atomic E-state index is -0.330. The van der Waals surface area contributed by atoms with E-state index in [0.29, 0.717) is 24.7 Å². The fourth-order valence-corrected chi connectivity index (χ4v) is 2.38. The summed E-state index contributed by atoms with van der Waals surface area (Å²) in [5, 5.41) is 19.3. The second-order valence-electron chi connectivity index (χ2n) is 5.87. The van der Waals surface area contributed by atoms with Crippen LogP contribution < -0.4 is 5.43 Å². The number of aromatic nitrogens is 1. The van der Waals surface area contributed by atoms with Gasteiger partial charge in [-0.25, -0.2) is 0 Å². The zero-order valence-corrected chi connectivity index (χ0v) is 13.6. The van der Waals surface area contributed by atoms with Crippen molar-refractivity contribution in [1.29, 1.82) is 0 Å². The summed E-state index contributed by atoms with van der Waals surface area (Å²) in [6.07, 6.45) is 0.988. The monoisotopic (exact) mass is 296 g/mol. The molecule has 1 aromatic heterocycles. The highest BCUT2D eigenvalue weighted by Crippen LogP contribution is 2.18. The maximum atomic E-state index is 11.8. The summed E-state index contributed by atoms with van der Waals surface area (Å²) in [7, 11) is 0. The molecule has 0 atom stereocenters. The van der Waals surface area contributed by atoms with Crippen LogP contribution in [0.1, 0.15) is 38.6 Å². The molecule has 2 N–H and O–H groups in total. The summed E-state index contributed by atoms with van der Waals surface area (Å²) in [4.78, 5) is 13.9. The van der Waals surface area contributed by atoms with E-state index in [1.165, 1.54) is 6.07 Å². The molecule has 1 aromatic rings. The molecular weight excluding hydrogens is 268 g/mol. The Balaban J connectivity index is 3.15. The van der Waals surface area contributed by atoms with Crippen LogP contribution in [-0.2, 0) is 13.1 Å². The third-order valence-corrected chi connectivity index (χ3v) is 3.77. The average molecular weight is 296 g/mol. The Kier molecular flexibility index (Phi) is 6.92. The molecule has 1 rings (SSSR count). The summed E-state index contributed by atoms with van der Waals surface area (Å²) < 4.78 is 2.02. The first kappa shape index (κ1) is 17.7. The van der Waals surface area contributed by atoms with E-state index in [1.54, 1.807) is 0 Å². The van der Waals surface area contributed by atoms with E-state index in [4.69, 9.17) is 5.11 Å². The summed E-state index contributed by atoms with van der Waals surface area (Å²) in [6, 6.07) is 1.49. The van der Waals surface area contributed by atoms with Gasteiger partial charge < -0.3 is 14.8 Å². The minimum Gasteiger partial charge on any atom is -0.503 e. The van der Waals surface area contributed by atoms with Crippen molar-refractivity contribution in [3.05, 3.63) is 27.7 Å². The van der Waals surface area contributed by atoms with Crippen LogP contribution in [0.3, 0.4) is 0 Å². The average Bonchev–Trinajstić information content (AvgIpc) is 2.42. The number of hydrogen-bond donors (Lipinski definition) is 2. The first-order valence-corrected chi connectivity index (χ1v) is 7.66. The molecule has 0 bridgehead atoms. The number of nitrogens with zero attached hydrogens (tertiary/aromatic N) is 2. The number of hydrogen-bond acceptors (Lipinski definition) is 4. The molecule has 5 nitrogen and oxygen atoms in total. The second kappa shape index (κ2) is 8.20. The highest BCUT2D eigenvalue weighted by molar-refractivity contribution is 5.29. The molecule has 0 amide bonds. The Morgan fingerprint density at radius 2 is 2.05 bits per heavy atom. The van der Waals surface area contributed by atoms with Gasteiger partial charge in [0.25, 0.3) is 0 Å². The quantitative estimate of drug-likeness (QED) is 0.766. The van der Waals surface area contributed by atoms with Gasteiger partial charge in [-0.2, -0.15) is 0 Å². The molecule has 0 radical (unpaired) electrons. The number of aromatic hydroxyl groups is 1. The summed E-state index contributed by atoms with van der Waals surface area (Å²) >= 11 is 0. The van der Waals surface area contributed by atoms with E-state index in [1.807, 2.05) is 23.3 Å². The Hall–Kier alpha value is -1.33. The van der Waals surface area contributed by atoms with Crippen LogP contribution in [0.2, 0.25) is 0 Å². The number of likely N-dealkylation sites (N-methyl/N-ethyl adjacent to an activating group) is 1. The summed E-state index contributed by atoms with van der Waals surface area (Å²) in [5.74, 6) is 0.388. The van der Waals surface area contributed by atoms with Crippen molar-refractivity contribution in [2.24, 2.45) is 5.92 Å². The summed E-state index contributed by atoms with van der Waals surface area (Å²) in [6.45, 7) is 10.8. The van der Waals surface area contributed by atoms with E-state index < -0.39 is 0 Å². The molecule has 21 heavy (non-hydrogen) atoms. The molecule has 0 aliphatic heterocycles. The van der Waals surface area contributed by atoms with Crippen molar-refractivity contribution in [2.75, 3.05) is 19.7 Å². The fourth-order valence-electron chi connectivity index (χ4n) is 2.38. The first-order valence-electron chi connectivity index (χ1n) is 7.66. The van der Waals surface area contributed by atoms with Crippen LogP contribution in [0.4, 0.5) is 0 Å². The molecule has 0 unspecified atom stereocenters. The molecule has 0 aliphatic carbocycles. The van der Waals surface area contributed by atoms with Gasteiger partial charge in [0.05, 0.1) is 12.3 Å². The summed E-state index contributed by atoms with van der Waals surface area (Å²) in [5.41, 5.74) is 1.19. The zero-order chi connectivity index (χ0) is 16.0. The predicted octanol–water partition coefficient (Wildman–Crippen LogP) is 1.72. The Labute approximate surface area is 126 Å². The molecule has 0 saturated heterocycles. The molecule has 0 fully saturated rings. The second-order valence-corrected chi connectivity index (χ2v) is 5.87. The van der Waals surface area contributed by atoms with Gasteiger partial charge in [0.2, 0.25) is 5.43 Å². The van der Waals surface area contributed by atoms with Crippen LogP contribution >= 0.6 is 0 Å². The van der Waals surface area contributed by atoms with Gasteiger partial charge in [-0.15, -0.1) is 0 Å². The van der Waals surface area contributed by atoms with Gasteiger partial charge in [-0.1, -0.05) is 20.8 Å². The zero-order valence-electron chi connectivity index (χ0n) is 13.6. The third-order valence-electron chi connectivity index (χ3n) is 3.77. The largest absolute Gasteiger partial charge is 0.503 e. The van der Waals surface area contributed by atoms with Crippen LogP contribution in [0.15, 0.2) is 10.9 Å². The van der Waals surface area contributed by atoms with E-state index in [9.17, 15) is 9.90 Å². The van der Waals surface area contributed by atoms with E-state index >= 15 is 0 Å². The molecular formula is C16H28N2O3. The molecule has 0 aliphatic rings. The van der Waals surface area contributed by atoms with Crippen molar-refractivity contribution >= 4 is 0 Å². The lowest BCUT2D eigenvalue weighted by molar-refractivity contribution is 0.191. The lowest BCUT2D eigenvalue weighted by Gasteiger charge is -2.24. The first-order chi connectivity index (χ1) is 9.90. The van der Waals surface area contributed by atoms with E-state index in [2.05, 4.69) is 13.8 Å². The maximum absolute atomic E-state index is 11.8. The molecule has 1 heterocycles. The third kappa shape index (κ3) is 4.86. The van der Waals surface area contributed by atoms with Gasteiger partial charge in [0.1, 0.15) is 0 Å². The molecule has 0 aromatic carbocycles. The SMILES string of the molecule is CCN(CCO)Cc1c(O)c(=O)cc(C)n1CCC(C)C. The van der Waals surface area contributed by atoms with E-state index in [0.717, 1.165) is 25.2 Å². The molecule has 0 spiro atoms. The number of aryl methyl sites for hydroxylation is 1. The van der Waals surface area contributed by atoms with Crippen LogP contribution in [0.5, 0.6) is 5.75 Å². The normalized spacial score (nSPS) is 11.6. The Morgan fingerprint density at radius 1 is 1.38 bits per heavy atom. The Bertz CT molecular complexity index is 509. The van der Waals surface area contributed by atoms with Crippen LogP contribution in [0, 0.1) is 12.8 Å². The van der Waals surface area contributed by atoms with Crippen molar-refractivity contribution in [1.82, 2.24) is 9.47 Å². The van der Waals surface area contributed by atoms with Crippen LogP contribution in [0.25, 0.3) is 0 Å². The van der Waals surface area contributed by atoms with Gasteiger partial charge in [0.15, 0.2) is 5.75 Å². The number of rotatable bonds is 8. The number of pyridine rings is 1. The number of aliphatic hydroxyl groups is 1. The van der Waals surface area contributed by atoms with Crippen molar-refractivity contribution in [2.45, 2.75) is 47.2 Å². The predicted molar refractivity (Wildman–Crippen MR) is 84.6 cm³/mol. The van der Waals surface area contributed by atoms with Gasteiger partial charge >= 0.3 is 0 Å². The van der Waals surface area contributed by atoms with Crippen molar-refractivity contribution in [3.8, 4) is 5.75 Å². The highest BCUT2D eigenvalue weighted by atomic mass is 16.3. The topological polar surface area (TPSA) is 65.7 Å². The van der Waals surface area contributed by atoms with Gasteiger partial charge in [-0.05, 0) is 25.8 Å². The minimum absolute atomic E-state index is 0.0661. The highest BCUT2D eigenvalue weighted by Gasteiger charge is 2.16. The molecule has 0 saturated carbocycles. The lowest BCUT2D eigenvalue weighted by Crippen LogP contribution is -2.29. The molecule has 5 heteroatoms. The maximum Gasteiger partial charge on any atom is 0.223 e. The lowest BCUT2D eigenvalue weighted by atomic mass is 10.1. The molecule has 120 valence electrons. The van der Waals surface area contributed by atoms with Crippen molar-refractivity contribution in [3.63, 3.8) is 0 Å². The fraction of sp³-hybridized carbons (Fsp3) is 0.688. The van der Waals surface area contributed by atoms with Gasteiger partial charge in [-0.3, -0.25) is 9.69 Å². The van der Waals surface area contributed by atoms with E-state index in [-0.39, 0.29) is 17.8 Å².